The van der Waals surface area contributed by atoms with Crippen LogP contribution in [-0.4, -0.2) is 19.8 Å². The molecule has 0 spiro atoms. The molecule has 2 unspecified atom stereocenters. The molecule has 0 radical (unpaired) electrons. The Kier molecular flexibility index (Phi) is 3.91. The van der Waals surface area contributed by atoms with Gasteiger partial charge in [-0.3, -0.25) is 0 Å². The van der Waals surface area contributed by atoms with Crippen LogP contribution in [0.2, 0.25) is 0 Å². The van der Waals surface area contributed by atoms with Gasteiger partial charge in [0.05, 0.1) is 6.61 Å². The third-order valence-electron chi connectivity index (χ3n) is 3.11. The second kappa shape index (κ2) is 5.41. The minimum absolute atomic E-state index is 0.0281. The van der Waals surface area contributed by atoms with E-state index in [1.807, 2.05) is 24.3 Å². The molecular weight excluding hydrogens is 205 g/mol. The topological polar surface area (TPSA) is 35.2 Å². The number of alkyl halides is 1. The van der Waals surface area contributed by atoms with Crippen LogP contribution in [-0.2, 0) is 11.2 Å². The summed E-state index contributed by atoms with van der Waals surface area (Å²) < 4.78 is 19.3. The largest absolute Gasteiger partial charge is 0.381 e. The van der Waals surface area contributed by atoms with E-state index in [0.29, 0.717) is 19.8 Å². The lowest BCUT2D eigenvalue weighted by molar-refractivity contribution is 0.155. The summed E-state index contributed by atoms with van der Waals surface area (Å²) in [6.45, 7) is 1.87. The average Bonchev–Trinajstić information content (AvgIpc) is 2.83. The first kappa shape index (κ1) is 11.6. The molecule has 3 heteroatoms. The van der Waals surface area contributed by atoms with Crippen molar-refractivity contribution in [2.24, 2.45) is 11.7 Å². The molecule has 0 saturated carbocycles. The predicted molar refractivity (Wildman–Crippen MR) is 62.0 cm³/mol. The van der Waals surface area contributed by atoms with Gasteiger partial charge in [-0.05, 0) is 30.5 Å². The molecule has 1 aliphatic heterocycles. The standard InChI is InChI=1S/C13H18FNO/c14-13(12-6-8-16-9-12)11-3-1-10(2-4-11)5-7-15/h1-4,12-13H,5-9,15H2. The van der Waals surface area contributed by atoms with E-state index >= 15 is 0 Å². The summed E-state index contributed by atoms with van der Waals surface area (Å²) in [7, 11) is 0. The molecule has 1 heterocycles. The quantitative estimate of drug-likeness (QED) is 0.849. The average molecular weight is 223 g/mol. The van der Waals surface area contributed by atoms with Gasteiger partial charge in [0.15, 0.2) is 0 Å². The van der Waals surface area contributed by atoms with Crippen LogP contribution < -0.4 is 5.73 Å². The smallest absolute Gasteiger partial charge is 0.130 e. The van der Waals surface area contributed by atoms with Crippen molar-refractivity contribution < 1.29 is 9.13 Å². The van der Waals surface area contributed by atoms with Gasteiger partial charge >= 0.3 is 0 Å². The second-order valence-corrected chi connectivity index (χ2v) is 4.31. The van der Waals surface area contributed by atoms with E-state index in [4.69, 9.17) is 10.5 Å². The molecule has 1 aromatic carbocycles. The SMILES string of the molecule is NCCc1ccc(C(F)C2CCOC2)cc1. The zero-order valence-corrected chi connectivity index (χ0v) is 9.36. The van der Waals surface area contributed by atoms with Crippen LogP contribution in [0.3, 0.4) is 0 Å². The van der Waals surface area contributed by atoms with Crippen molar-refractivity contribution in [3.8, 4) is 0 Å². The fourth-order valence-corrected chi connectivity index (χ4v) is 2.09. The van der Waals surface area contributed by atoms with Crippen LogP contribution in [0.25, 0.3) is 0 Å². The Labute approximate surface area is 95.6 Å². The van der Waals surface area contributed by atoms with Crippen molar-refractivity contribution in [3.63, 3.8) is 0 Å². The second-order valence-electron chi connectivity index (χ2n) is 4.31. The van der Waals surface area contributed by atoms with Crippen LogP contribution in [0.5, 0.6) is 0 Å². The highest BCUT2D eigenvalue weighted by Crippen LogP contribution is 2.32. The van der Waals surface area contributed by atoms with Crippen molar-refractivity contribution in [1.29, 1.82) is 0 Å². The van der Waals surface area contributed by atoms with Crippen LogP contribution >= 0.6 is 0 Å². The lowest BCUT2D eigenvalue weighted by Crippen LogP contribution is -2.09. The van der Waals surface area contributed by atoms with Crippen molar-refractivity contribution in [1.82, 2.24) is 0 Å². The number of nitrogens with two attached hydrogens (primary N) is 1. The Morgan fingerprint density at radius 3 is 2.69 bits per heavy atom. The van der Waals surface area contributed by atoms with E-state index in [1.54, 1.807) is 0 Å². The van der Waals surface area contributed by atoms with E-state index < -0.39 is 6.17 Å². The first-order valence-electron chi connectivity index (χ1n) is 5.82. The lowest BCUT2D eigenvalue weighted by Gasteiger charge is -2.14. The fraction of sp³-hybridized carbons (Fsp3) is 0.538. The summed E-state index contributed by atoms with van der Waals surface area (Å²) in [4.78, 5) is 0. The molecule has 0 amide bonds. The van der Waals surface area contributed by atoms with Gasteiger partial charge in [-0.15, -0.1) is 0 Å². The molecule has 1 fully saturated rings. The number of hydrogen-bond donors (Lipinski definition) is 1. The maximum Gasteiger partial charge on any atom is 0.130 e. The molecule has 0 aromatic heterocycles. The Morgan fingerprint density at radius 2 is 2.12 bits per heavy atom. The minimum atomic E-state index is -0.894. The van der Waals surface area contributed by atoms with Crippen LogP contribution in [0.4, 0.5) is 4.39 Å². The highest BCUT2D eigenvalue weighted by atomic mass is 19.1. The molecular formula is C13H18FNO. The highest BCUT2D eigenvalue weighted by molar-refractivity contribution is 5.25. The predicted octanol–water partition coefficient (Wildman–Crippen LogP) is 2.23. The summed E-state index contributed by atoms with van der Waals surface area (Å²) in [5.74, 6) is 0.0281. The summed E-state index contributed by atoms with van der Waals surface area (Å²) >= 11 is 0. The van der Waals surface area contributed by atoms with Gasteiger partial charge in [-0.25, -0.2) is 4.39 Å². The van der Waals surface area contributed by atoms with Crippen molar-refractivity contribution in [3.05, 3.63) is 35.4 Å². The molecule has 0 aliphatic carbocycles. The molecule has 1 aromatic rings. The summed E-state index contributed by atoms with van der Waals surface area (Å²) in [5, 5.41) is 0. The van der Waals surface area contributed by atoms with E-state index in [1.165, 1.54) is 5.56 Å². The summed E-state index contributed by atoms with van der Waals surface area (Å²) in [5.41, 5.74) is 7.40. The van der Waals surface area contributed by atoms with Gasteiger partial charge in [0.1, 0.15) is 6.17 Å². The van der Waals surface area contributed by atoms with Gasteiger partial charge in [-0.2, -0.15) is 0 Å². The van der Waals surface area contributed by atoms with Crippen LogP contribution in [0.1, 0.15) is 23.7 Å². The molecule has 1 aliphatic rings. The van der Waals surface area contributed by atoms with Crippen molar-refractivity contribution >= 4 is 0 Å². The van der Waals surface area contributed by atoms with Gasteiger partial charge < -0.3 is 10.5 Å². The van der Waals surface area contributed by atoms with Gasteiger partial charge in [0.25, 0.3) is 0 Å². The molecule has 1 saturated heterocycles. The highest BCUT2D eigenvalue weighted by Gasteiger charge is 2.26. The maximum atomic E-state index is 14.1. The monoisotopic (exact) mass is 223 g/mol. The zero-order valence-electron chi connectivity index (χ0n) is 9.36. The first-order chi connectivity index (χ1) is 7.81. The normalized spacial score (nSPS) is 22.2. The van der Waals surface area contributed by atoms with Crippen molar-refractivity contribution in [2.45, 2.75) is 19.0 Å². The third-order valence-corrected chi connectivity index (χ3v) is 3.11. The first-order valence-corrected chi connectivity index (χ1v) is 5.82. The third kappa shape index (κ3) is 2.60. The molecule has 2 N–H and O–H groups in total. The summed E-state index contributed by atoms with van der Waals surface area (Å²) in [6.07, 6.45) is 0.782. The van der Waals surface area contributed by atoms with Gasteiger partial charge in [0.2, 0.25) is 0 Å². The lowest BCUT2D eigenvalue weighted by atomic mass is 9.95. The maximum absolute atomic E-state index is 14.1. The Morgan fingerprint density at radius 1 is 1.38 bits per heavy atom. The van der Waals surface area contributed by atoms with E-state index in [9.17, 15) is 4.39 Å². The number of hydrogen-bond acceptors (Lipinski definition) is 2. The Hall–Kier alpha value is -0.930. The Balaban J connectivity index is 2.02. The molecule has 2 atom stereocenters. The summed E-state index contributed by atoms with van der Waals surface area (Å²) in [6, 6.07) is 7.66. The number of rotatable bonds is 4. The molecule has 0 bridgehead atoms. The fourth-order valence-electron chi connectivity index (χ4n) is 2.09. The van der Waals surface area contributed by atoms with E-state index in [2.05, 4.69) is 0 Å². The number of halogens is 1. The zero-order chi connectivity index (χ0) is 11.4. The molecule has 2 nitrogen and oxygen atoms in total. The van der Waals surface area contributed by atoms with E-state index in [-0.39, 0.29) is 5.92 Å². The van der Waals surface area contributed by atoms with Gasteiger partial charge in [0, 0.05) is 12.5 Å². The molecule has 88 valence electrons. The van der Waals surface area contributed by atoms with Crippen LogP contribution in [0, 0.1) is 5.92 Å². The van der Waals surface area contributed by atoms with E-state index in [0.717, 1.165) is 18.4 Å². The van der Waals surface area contributed by atoms with Crippen LogP contribution in [0.15, 0.2) is 24.3 Å². The molecule has 16 heavy (non-hydrogen) atoms. The van der Waals surface area contributed by atoms with Crippen molar-refractivity contribution in [2.75, 3.05) is 19.8 Å². The number of ether oxygens (including phenoxy) is 1. The molecule has 2 rings (SSSR count). The number of benzene rings is 1. The van der Waals surface area contributed by atoms with Gasteiger partial charge in [-0.1, -0.05) is 24.3 Å². The minimum Gasteiger partial charge on any atom is -0.381 e. The Bertz CT molecular complexity index is 319.